The first-order valence-electron chi connectivity index (χ1n) is 9.10. The fourth-order valence-corrected chi connectivity index (χ4v) is 2.63. The van der Waals surface area contributed by atoms with E-state index in [0.717, 1.165) is 11.3 Å². The molecule has 0 heterocycles. The molecule has 1 atom stereocenters. The van der Waals surface area contributed by atoms with Gasteiger partial charge in [-0.2, -0.15) is 0 Å². The SMILES string of the molecule is C/C=C/c1ccc(OCC(O)CN(C)CCOc2ccccc2)c(OC)c1. The van der Waals surface area contributed by atoms with Gasteiger partial charge in [0, 0.05) is 13.1 Å². The standard InChI is InChI=1S/C22H29NO4/c1-4-8-18-11-12-21(22(15-18)25-3)27-17-19(24)16-23(2)13-14-26-20-9-6-5-7-10-20/h4-12,15,19,24H,13-14,16-17H2,1-3H3/b8-4+. The van der Waals surface area contributed by atoms with Gasteiger partial charge in [0.25, 0.3) is 0 Å². The van der Waals surface area contributed by atoms with Crippen molar-refractivity contribution in [3.63, 3.8) is 0 Å². The third-order valence-electron chi connectivity index (χ3n) is 3.99. The number of hydrogen-bond acceptors (Lipinski definition) is 5. The second kappa shape index (κ2) is 11.3. The van der Waals surface area contributed by atoms with Crippen LogP contribution in [0.4, 0.5) is 0 Å². The Labute approximate surface area is 161 Å². The molecule has 0 aliphatic carbocycles. The summed E-state index contributed by atoms with van der Waals surface area (Å²) in [5.41, 5.74) is 1.04. The number of hydrogen-bond donors (Lipinski definition) is 1. The lowest BCUT2D eigenvalue weighted by atomic mass is 10.2. The van der Waals surface area contributed by atoms with Gasteiger partial charge in [0.2, 0.25) is 0 Å². The maximum atomic E-state index is 10.2. The molecule has 0 fully saturated rings. The van der Waals surface area contributed by atoms with Crippen molar-refractivity contribution < 1.29 is 19.3 Å². The molecule has 0 saturated carbocycles. The van der Waals surface area contributed by atoms with Crippen LogP contribution in [0.5, 0.6) is 17.2 Å². The first-order chi connectivity index (χ1) is 13.1. The van der Waals surface area contributed by atoms with E-state index in [0.29, 0.717) is 31.2 Å². The van der Waals surface area contributed by atoms with Crippen LogP contribution in [0.25, 0.3) is 6.08 Å². The quantitative estimate of drug-likeness (QED) is 0.655. The summed E-state index contributed by atoms with van der Waals surface area (Å²) in [4.78, 5) is 2.02. The van der Waals surface area contributed by atoms with Gasteiger partial charge in [-0.1, -0.05) is 36.4 Å². The van der Waals surface area contributed by atoms with Crippen LogP contribution in [0.15, 0.2) is 54.6 Å². The van der Waals surface area contributed by atoms with Gasteiger partial charge in [0.1, 0.15) is 25.1 Å². The molecule has 0 aliphatic rings. The van der Waals surface area contributed by atoms with Gasteiger partial charge in [0.05, 0.1) is 7.11 Å². The van der Waals surface area contributed by atoms with Crippen molar-refractivity contribution in [1.29, 1.82) is 0 Å². The number of ether oxygens (including phenoxy) is 3. The second-order valence-corrected chi connectivity index (χ2v) is 6.30. The minimum atomic E-state index is -0.605. The second-order valence-electron chi connectivity index (χ2n) is 6.30. The summed E-state index contributed by atoms with van der Waals surface area (Å²) in [5, 5.41) is 10.2. The van der Waals surface area contributed by atoms with Crippen LogP contribution in [0.2, 0.25) is 0 Å². The van der Waals surface area contributed by atoms with Gasteiger partial charge < -0.3 is 24.2 Å². The van der Waals surface area contributed by atoms with Crippen LogP contribution in [-0.4, -0.2) is 56.6 Å². The van der Waals surface area contributed by atoms with Crippen LogP contribution in [0, 0.1) is 0 Å². The number of methoxy groups -OCH3 is 1. The van der Waals surface area contributed by atoms with Crippen LogP contribution in [0.3, 0.4) is 0 Å². The summed E-state index contributed by atoms with van der Waals surface area (Å²) < 4.78 is 16.8. The molecule has 146 valence electrons. The zero-order valence-corrected chi connectivity index (χ0v) is 16.3. The third kappa shape index (κ3) is 7.33. The third-order valence-corrected chi connectivity index (χ3v) is 3.99. The van der Waals surface area contributed by atoms with E-state index in [1.165, 1.54) is 0 Å². The fraction of sp³-hybridized carbons (Fsp3) is 0.364. The van der Waals surface area contributed by atoms with E-state index in [4.69, 9.17) is 14.2 Å². The molecule has 0 amide bonds. The van der Waals surface area contributed by atoms with E-state index < -0.39 is 6.10 Å². The van der Waals surface area contributed by atoms with E-state index in [1.54, 1.807) is 7.11 Å². The predicted octanol–water partition coefficient (Wildman–Crippen LogP) is 3.48. The first-order valence-corrected chi connectivity index (χ1v) is 9.10. The predicted molar refractivity (Wildman–Crippen MR) is 109 cm³/mol. The first kappa shape index (κ1) is 20.8. The number of aliphatic hydroxyl groups is 1. The summed E-state index contributed by atoms with van der Waals surface area (Å²) >= 11 is 0. The fourth-order valence-electron chi connectivity index (χ4n) is 2.63. The Morgan fingerprint density at radius 1 is 1.07 bits per heavy atom. The van der Waals surface area contributed by atoms with E-state index in [1.807, 2.05) is 79.6 Å². The van der Waals surface area contributed by atoms with Crippen molar-refractivity contribution in [1.82, 2.24) is 4.90 Å². The zero-order valence-electron chi connectivity index (χ0n) is 16.3. The summed E-state index contributed by atoms with van der Waals surface area (Å²) in [7, 11) is 3.56. The average Bonchev–Trinajstić information content (AvgIpc) is 2.68. The molecule has 0 saturated heterocycles. The number of benzene rings is 2. The summed E-state index contributed by atoms with van der Waals surface area (Å²) in [6.07, 6.45) is 3.36. The average molecular weight is 371 g/mol. The molecule has 0 spiro atoms. The Hall–Kier alpha value is -2.50. The number of para-hydroxylation sites is 1. The molecule has 2 aromatic rings. The van der Waals surface area contributed by atoms with E-state index in [2.05, 4.69) is 0 Å². The molecule has 2 aromatic carbocycles. The van der Waals surface area contributed by atoms with E-state index in [-0.39, 0.29) is 6.61 Å². The Kier molecular flexibility index (Phi) is 8.68. The molecule has 1 unspecified atom stereocenters. The maximum Gasteiger partial charge on any atom is 0.161 e. The van der Waals surface area contributed by atoms with Crippen molar-refractivity contribution >= 4 is 6.08 Å². The smallest absolute Gasteiger partial charge is 0.161 e. The van der Waals surface area contributed by atoms with Gasteiger partial charge in [-0.3, -0.25) is 0 Å². The highest BCUT2D eigenvalue weighted by Crippen LogP contribution is 2.28. The Balaban J connectivity index is 1.74. The molecule has 0 radical (unpaired) electrons. The van der Waals surface area contributed by atoms with Crippen LogP contribution in [0.1, 0.15) is 12.5 Å². The minimum absolute atomic E-state index is 0.198. The largest absolute Gasteiger partial charge is 0.493 e. The molecule has 0 aromatic heterocycles. The molecule has 0 aliphatic heterocycles. The van der Waals surface area contributed by atoms with Crippen LogP contribution >= 0.6 is 0 Å². The van der Waals surface area contributed by atoms with Crippen LogP contribution < -0.4 is 14.2 Å². The van der Waals surface area contributed by atoms with Gasteiger partial charge in [-0.05, 0) is 43.8 Å². The number of likely N-dealkylation sites (N-methyl/N-ethyl adjacent to an activating group) is 1. The molecular formula is C22H29NO4. The molecule has 5 nitrogen and oxygen atoms in total. The van der Waals surface area contributed by atoms with Crippen molar-refractivity contribution in [2.45, 2.75) is 13.0 Å². The van der Waals surface area contributed by atoms with Crippen molar-refractivity contribution in [2.24, 2.45) is 0 Å². The molecule has 0 bridgehead atoms. The highest BCUT2D eigenvalue weighted by molar-refractivity contribution is 5.55. The molecule has 2 rings (SSSR count). The normalized spacial score (nSPS) is 12.3. The van der Waals surface area contributed by atoms with Crippen LogP contribution in [-0.2, 0) is 0 Å². The summed E-state index contributed by atoms with van der Waals surface area (Å²) in [5.74, 6) is 2.13. The minimum Gasteiger partial charge on any atom is -0.493 e. The molecule has 5 heteroatoms. The lowest BCUT2D eigenvalue weighted by Gasteiger charge is -2.21. The number of aliphatic hydroxyl groups excluding tert-OH is 1. The Bertz CT molecular complexity index is 703. The maximum absolute atomic E-state index is 10.2. The number of allylic oxidation sites excluding steroid dienone is 1. The van der Waals surface area contributed by atoms with Gasteiger partial charge in [-0.15, -0.1) is 0 Å². The molecule has 27 heavy (non-hydrogen) atoms. The molecular weight excluding hydrogens is 342 g/mol. The number of nitrogens with zero attached hydrogens (tertiary/aromatic N) is 1. The number of rotatable bonds is 11. The highest BCUT2D eigenvalue weighted by Gasteiger charge is 2.12. The highest BCUT2D eigenvalue weighted by atomic mass is 16.5. The van der Waals surface area contributed by atoms with Crippen molar-refractivity contribution in [2.75, 3.05) is 40.5 Å². The lowest BCUT2D eigenvalue weighted by Crippen LogP contribution is -2.35. The van der Waals surface area contributed by atoms with Crippen molar-refractivity contribution in [3.8, 4) is 17.2 Å². The van der Waals surface area contributed by atoms with E-state index in [9.17, 15) is 5.11 Å². The van der Waals surface area contributed by atoms with E-state index >= 15 is 0 Å². The van der Waals surface area contributed by atoms with Gasteiger partial charge in [0.15, 0.2) is 11.5 Å². The Morgan fingerprint density at radius 3 is 2.56 bits per heavy atom. The lowest BCUT2D eigenvalue weighted by molar-refractivity contribution is 0.0712. The van der Waals surface area contributed by atoms with Gasteiger partial charge >= 0.3 is 0 Å². The topological polar surface area (TPSA) is 51.2 Å². The van der Waals surface area contributed by atoms with Crippen molar-refractivity contribution in [3.05, 3.63) is 60.2 Å². The summed E-state index contributed by atoms with van der Waals surface area (Å²) in [6.45, 7) is 3.94. The summed E-state index contributed by atoms with van der Waals surface area (Å²) in [6, 6.07) is 15.4. The Morgan fingerprint density at radius 2 is 1.85 bits per heavy atom. The monoisotopic (exact) mass is 371 g/mol. The molecule has 1 N–H and O–H groups in total. The van der Waals surface area contributed by atoms with Gasteiger partial charge in [-0.25, -0.2) is 0 Å². The zero-order chi connectivity index (χ0) is 19.5.